The van der Waals surface area contributed by atoms with Crippen molar-refractivity contribution >= 4 is 17.7 Å². The number of benzene rings is 1. The fraction of sp³-hybridized carbons (Fsp3) is 0.400. The van der Waals surface area contributed by atoms with Gasteiger partial charge >= 0.3 is 6.09 Å². The van der Waals surface area contributed by atoms with E-state index in [0.717, 1.165) is 5.56 Å². The third-order valence-corrected chi connectivity index (χ3v) is 2.59. The summed E-state index contributed by atoms with van der Waals surface area (Å²) in [5.74, 6) is 2.57. The Balaban J connectivity index is 2.62. The molecular formula is C15H19ClN2O2. The molecule has 0 bridgehead atoms. The van der Waals surface area contributed by atoms with E-state index in [4.69, 9.17) is 22.8 Å². The summed E-state index contributed by atoms with van der Waals surface area (Å²) in [4.78, 5) is 11.6. The zero-order valence-electron chi connectivity index (χ0n) is 11.9. The molecule has 0 heterocycles. The summed E-state index contributed by atoms with van der Waals surface area (Å²) in [7, 11) is 0. The van der Waals surface area contributed by atoms with Crippen LogP contribution in [0.25, 0.3) is 0 Å². The van der Waals surface area contributed by atoms with Gasteiger partial charge in [0.2, 0.25) is 0 Å². The number of nitrogens with one attached hydrogen (secondary N) is 2. The van der Waals surface area contributed by atoms with Crippen LogP contribution in [0.4, 0.5) is 4.79 Å². The maximum absolute atomic E-state index is 11.6. The summed E-state index contributed by atoms with van der Waals surface area (Å²) in [6, 6.07) is 7.05. The molecule has 0 aliphatic carbocycles. The van der Waals surface area contributed by atoms with Crippen molar-refractivity contribution < 1.29 is 9.53 Å². The van der Waals surface area contributed by atoms with Crippen LogP contribution in [0.1, 0.15) is 38.8 Å². The molecule has 1 unspecified atom stereocenters. The Morgan fingerprint density at radius 1 is 1.40 bits per heavy atom. The van der Waals surface area contributed by atoms with Crippen LogP contribution in [-0.2, 0) is 4.74 Å². The molecule has 1 rings (SSSR count). The van der Waals surface area contributed by atoms with Crippen LogP contribution in [0, 0.1) is 12.3 Å². The van der Waals surface area contributed by atoms with E-state index in [0.29, 0.717) is 11.4 Å². The van der Waals surface area contributed by atoms with Gasteiger partial charge in [-0.2, -0.15) is 0 Å². The van der Waals surface area contributed by atoms with Crippen LogP contribution in [0.2, 0.25) is 5.02 Å². The number of carbonyl (C=O) groups is 1. The van der Waals surface area contributed by atoms with Gasteiger partial charge in [-0.25, -0.2) is 10.2 Å². The lowest BCUT2D eigenvalue weighted by atomic mass is 10.1. The highest BCUT2D eigenvalue weighted by Crippen LogP contribution is 2.18. The Morgan fingerprint density at radius 2 is 2.00 bits per heavy atom. The van der Waals surface area contributed by atoms with E-state index in [1.165, 1.54) is 0 Å². The second-order valence-corrected chi connectivity index (χ2v) is 5.72. The highest BCUT2D eigenvalue weighted by Gasteiger charge is 2.17. The highest BCUT2D eigenvalue weighted by molar-refractivity contribution is 6.30. The van der Waals surface area contributed by atoms with E-state index >= 15 is 0 Å². The van der Waals surface area contributed by atoms with Crippen LogP contribution in [0.3, 0.4) is 0 Å². The first-order valence-corrected chi connectivity index (χ1v) is 6.63. The van der Waals surface area contributed by atoms with Gasteiger partial charge < -0.3 is 4.74 Å². The Labute approximate surface area is 124 Å². The number of rotatable bonds is 4. The first kappa shape index (κ1) is 16.4. The summed E-state index contributed by atoms with van der Waals surface area (Å²) < 4.78 is 5.14. The molecule has 1 aromatic carbocycles. The Hall–Kier alpha value is -1.70. The molecule has 1 aromatic rings. The average molecular weight is 295 g/mol. The van der Waals surface area contributed by atoms with E-state index in [1.54, 1.807) is 32.9 Å². The summed E-state index contributed by atoms with van der Waals surface area (Å²) in [6.45, 7) is 5.39. The van der Waals surface area contributed by atoms with Crippen LogP contribution >= 0.6 is 11.6 Å². The van der Waals surface area contributed by atoms with E-state index in [2.05, 4.69) is 16.8 Å². The van der Waals surface area contributed by atoms with Crippen molar-refractivity contribution in [3.63, 3.8) is 0 Å². The largest absolute Gasteiger partial charge is 0.443 e. The van der Waals surface area contributed by atoms with Gasteiger partial charge in [-0.3, -0.25) is 5.43 Å². The van der Waals surface area contributed by atoms with Crippen molar-refractivity contribution in [2.75, 3.05) is 0 Å². The average Bonchev–Trinajstić information content (AvgIpc) is 2.33. The van der Waals surface area contributed by atoms with Gasteiger partial charge in [0.1, 0.15) is 5.60 Å². The van der Waals surface area contributed by atoms with Crippen molar-refractivity contribution in [2.24, 2.45) is 0 Å². The lowest BCUT2D eigenvalue weighted by molar-refractivity contribution is 0.0488. The number of hydrogen-bond acceptors (Lipinski definition) is 3. The smallest absolute Gasteiger partial charge is 0.422 e. The van der Waals surface area contributed by atoms with Gasteiger partial charge in [0.25, 0.3) is 0 Å². The molecule has 1 atom stereocenters. The van der Waals surface area contributed by atoms with E-state index in [9.17, 15) is 4.79 Å². The van der Waals surface area contributed by atoms with Gasteiger partial charge in [-0.15, -0.1) is 12.3 Å². The van der Waals surface area contributed by atoms with Gasteiger partial charge in [-0.1, -0.05) is 23.7 Å². The van der Waals surface area contributed by atoms with Crippen molar-refractivity contribution in [3.05, 3.63) is 34.9 Å². The van der Waals surface area contributed by atoms with Gasteiger partial charge in [-0.05, 0) is 38.5 Å². The topological polar surface area (TPSA) is 50.4 Å². The van der Waals surface area contributed by atoms with Crippen molar-refractivity contribution in [2.45, 2.75) is 38.8 Å². The number of amides is 1. The Bertz CT molecular complexity index is 486. The molecule has 1 amide bonds. The fourth-order valence-corrected chi connectivity index (χ4v) is 1.64. The number of carbonyl (C=O) groups excluding carboxylic acids is 1. The van der Waals surface area contributed by atoms with Gasteiger partial charge in [0, 0.05) is 11.4 Å². The molecule has 0 saturated carbocycles. The molecule has 20 heavy (non-hydrogen) atoms. The summed E-state index contributed by atoms with van der Waals surface area (Å²) in [5.41, 5.74) is 5.75. The third kappa shape index (κ3) is 5.96. The zero-order valence-corrected chi connectivity index (χ0v) is 12.6. The predicted octanol–water partition coefficient (Wildman–Crippen LogP) is 3.43. The monoisotopic (exact) mass is 294 g/mol. The molecule has 108 valence electrons. The number of halogens is 1. The molecule has 5 heteroatoms. The molecule has 0 aliphatic heterocycles. The number of terminal acetylenes is 1. The minimum Gasteiger partial charge on any atom is -0.443 e. The van der Waals surface area contributed by atoms with Gasteiger partial charge in [0.05, 0.1) is 6.04 Å². The van der Waals surface area contributed by atoms with Crippen LogP contribution in [-0.4, -0.2) is 11.7 Å². The van der Waals surface area contributed by atoms with E-state index < -0.39 is 11.7 Å². The number of hydrogen-bond donors (Lipinski definition) is 2. The van der Waals surface area contributed by atoms with E-state index in [1.807, 2.05) is 12.1 Å². The zero-order chi connectivity index (χ0) is 15.2. The SMILES string of the molecule is C#CCC(NNC(=O)OC(C)(C)C)c1ccc(Cl)cc1. The van der Waals surface area contributed by atoms with Crippen LogP contribution < -0.4 is 10.9 Å². The summed E-state index contributed by atoms with van der Waals surface area (Å²) in [5, 5.41) is 0.647. The predicted molar refractivity (Wildman–Crippen MR) is 80.1 cm³/mol. The molecule has 0 saturated heterocycles. The molecule has 0 spiro atoms. The number of hydrazine groups is 1. The fourth-order valence-electron chi connectivity index (χ4n) is 1.51. The second kappa shape index (κ2) is 7.18. The highest BCUT2D eigenvalue weighted by atomic mass is 35.5. The normalized spacial score (nSPS) is 12.3. The minimum atomic E-state index is -0.548. The van der Waals surface area contributed by atoms with Gasteiger partial charge in [0.15, 0.2) is 0 Å². The molecule has 0 aliphatic rings. The maximum Gasteiger partial charge on any atom is 0.422 e. The third-order valence-electron chi connectivity index (χ3n) is 2.34. The molecule has 0 radical (unpaired) electrons. The van der Waals surface area contributed by atoms with Crippen molar-refractivity contribution in [3.8, 4) is 12.3 Å². The molecule has 0 fully saturated rings. The number of ether oxygens (including phenoxy) is 1. The maximum atomic E-state index is 11.6. The summed E-state index contributed by atoms with van der Waals surface area (Å²) in [6.07, 6.45) is 5.23. The molecule has 2 N–H and O–H groups in total. The van der Waals surface area contributed by atoms with Crippen molar-refractivity contribution in [1.82, 2.24) is 10.9 Å². The lowest BCUT2D eigenvalue weighted by Gasteiger charge is -2.22. The molecular weight excluding hydrogens is 276 g/mol. The van der Waals surface area contributed by atoms with Crippen LogP contribution in [0.5, 0.6) is 0 Å². The second-order valence-electron chi connectivity index (χ2n) is 5.28. The quantitative estimate of drug-likeness (QED) is 0.661. The Kier molecular flexibility index (Phi) is 5.87. The van der Waals surface area contributed by atoms with Crippen molar-refractivity contribution in [1.29, 1.82) is 0 Å². The van der Waals surface area contributed by atoms with E-state index in [-0.39, 0.29) is 6.04 Å². The molecule has 4 nitrogen and oxygen atoms in total. The van der Waals surface area contributed by atoms with Crippen LogP contribution in [0.15, 0.2) is 24.3 Å². The minimum absolute atomic E-state index is 0.204. The standard InChI is InChI=1S/C15H19ClN2O2/c1-5-6-13(11-7-9-12(16)10-8-11)17-18-14(19)20-15(2,3)4/h1,7-10,13,17H,6H2,2-4H3,(H,18,19). The Morgan fingerprint density at radius 3 is 2.50 bits per heavy atom. The lowest BCUT2D eigenvalue weighted by Crippen LogP contribution is -2.42. The first-order chi connectivity index (χ1) is 9.31. The summed E-state index contributed by atoms with van der Waals surface area (Å²) >= 11 is 5.84. The first-order valence-electron chi connectivity index (χ1n) is 6.25. The molecule has 0 aromatic heterocycles.